The fourth-order valence-corrected chi connectivity index (χ4v) is 6.26. The lowest BCUT2D eigenvalue weighted by Crippen LogP contribution is -2.48. The van der Waals surface area contributed by atoms with Crippen molar-refractivity contribution in [3.8, 4) is 0 Å². The molecule has 1 amide bonds. The van der Waals surface area contributed by atoms with Crippen LogP contribution in [0.25, 0.3) is 10.8 Å². The van der Waals surface area contributed by atoms with E-state index in [2.05, 4.69) is 5.32 Å². The van der Waals surface area contributed by atoms with Gasteiger partial charge in [-0.05, 0) is 48.6 Å². The van der Waals surface area contributed by atoms with Crippen molar-refractivity contribution in [1.82, 2.24) is 9.62 Å². The molecule has 2 aliphatic rings. The van der Waals surface area contributed by atoms with Gasteiger partial charge in [-0.1, -0.05) is 43.2 Å². The molecule has 4 rings (SSSR count). The maximum Gasteiger partial charge on any atom is 0.243 e. The lowest BCUT2D eigenvalue weighted by atomic mass is 9.84. The molecule has 162 valence electrons. The van der Waals surface area contributed by atoms with Crippen molar-refractivity contribution in [3.05, 3.63) is 42.5 Å². The van der Waals surface area contributed by atoms with E-state index in [9.17, 15) is 18.3 Å². The normalized spacial score (nSPS) is 24.0. The first kappa shape index (κ1) is 21.3. The molecule has 2 fully saturated rings. The lowest BCUT2D eigenvalue weighted by molar-refractivity contribution is -0.127. The minimum Gasteiger partial charge on any atom is -0.396 e. The van der Waals surface area contributed by atoms with Crippen molar-refractivity contribution in [2.75, 3.05) is 19.7 Å². The predicted molar refractivity (Wildman–Crippen MR) is 116 cm³/mol. The Morgan fingerprint density at radius 2 is 1.70 bits per heavy atom. The van der Waals surface area contributed by atoms with Gasteiger partial charge in [0.05, 0.1) is 4.90 Å². The summed E-state index contributed by atoms with van der Waals surface area (Å²) in [5.41, 5.74) is 0. The van der Waals surface area contributed by atoms with E-state index in [0.717, 1.165) is 36.5 Å². The number of fused-ring (bicyclic) bond motifs is 1. The van der Waals surface area contributed by atoms with Gasteiger partial charge in [-0.2, -0.15) is 4.31 Å². The number of amides is 1. The van der Waals surface area contributed by atoms with Gasteiger partial charge in [0.25, 0.3) is 0 Å². The Morgan fingerprint density at radius 3 is 2.43 bits per heavy atom. The molecule has 0 radical (unpaired) electrons. The average Bonchev–Trinajstić information content (AvgIpc) is 2.79. The molecule has 1 aliphatic heterocycles. The molecule has 1 saturated carbocycles. The monoisotopic (exact) mass is 430 g/mol. The largest absolute Gasteiger partial charge is 0.396 e. The number of aliphatic hydroxyl groups is 1. The van der Waals surface area contributed by atoms with Gasteiger partial charge in [0.1, 0.15) is 0 Å². The fourth-order valence-electron chi connectivity index (χ4n) is 4.75. The molecule has 2 aromatic carbocycles. The summed E-state index contributed by atoms with van der Waals surface area (Å²) in [4.78, 5) is 13.0. The smallest absolute Gasteiger partial charge is 0.243 e. The summed E-state index contributed by atoms with van der Waals surface area (Å²) in [6.45, 7) is 0.802. The first-order valence-electron chi connectivity index (χ1n) is 10.9. The summed E-state index contributed by atoms with van der Waals surface area (Å²) >= 11 is 0. The van der Waals surface area contributed by atoms with E-state index < -0.39 is 10.0 Å². The van der Waals surface area contributed by atoms with Gasteiger partial charge in [-0.3, -0.25) is 4.79 Å². The first-order chi connectivity index (χ1) is 14.5. The van der Waals surface area contributed by atoms with Crippen molar-refractivity contribution in [3.63, 3.8) is 0 Å². The Kier molecular flexibility index (Phi) is 6.41. The molecule has 1 aliphatic carbocycles. The molecule has 1 heterocycles. The van der Waals surface area contributed by atoms with Crippen LogP contribution in [0.3, 0.4) is 0 Å². The third-order valence-electron chi connectivity index (χ3n) is 6.65. The maximum absolute atomic E-state index is 13.1. The number of rotatable bonds is 5. The summed E-state index contributed by atoms with van der Waals surface area (Å²) in [5.74, 6) is -0.0338. The molecule has 2 N–H and O–H groups in total. The Bertz CT molecular complexity index is 999. The number of carbonyl (C=O) groups is 1. The molecule has 30 heavy (non-hydrogen) atoms. The number of aliphatic hydroxyl groups excluding tert-OH is 1. The second-order valence-corrected chi connectivity index (χ2v) is 10.5. The van der Waals surface area contributed by atoms with Crippen molar-refractivity contribution in [2.24, 2.45) is 11.8 Å². The van der Waals surface area contributed by atoms with Crippen molar-refractivity contribution in [2.45, 2.75) is 49.5 Å². The van der Waals surface area contributed by atoms with Gasteiger partial charge >= 0.3 is 0 Å². The Labute approximate surface area is 178 Å². The second-order valence-electron chi connectivity index (χ2n) is 8.53. The highest BCUT2D eigenvalue weighted by molar-refractivity contribution is 7.89. The zero-order valence-corrected chi connectivity index (χ0v) is 18.0. The van der Waals surface area contributed by atoms with Crippen LogP contribution in [-0.4, -0.2) is 49.5 Å². The highest BCUT2D eigenvalue weighted by atomic mass is 32.2. The molecule has 0 aromatic heterocycles. The Morgan fingerprint density at radius 1 is 1.00 bits per heavy atom. The van der Waals surface area contributed by atoms with E-state index in [0.29, 0.717) is 30.8 Å². The number of piperidine rings is 1. The summed E-state index contributed by atoms with van der Waals surface area (Å²) in [6.07, 6.45) is 5.08. The van der Waals surface area contributed by atoms with Gasteiger partial charge in [0.2, 0.25) is 15.9 Å². The number of hydrogen-bond donors (Lipinski definition) is 2. The zero-order valence-electron chi connectivity index (χ0n) is 17.2. The molecule has 0 bridgehead atoms. The third-order valence-corrected chi connectivity index (χ3v) is 8.55. The summed E-state index contributed by atoms with van der Waals surface area (Å²) in [7, 11) is -3.57. The van der Waals surface area contributed by atoms with Crippen LogP contribution in [-0.2, 0) is 14.8 Å². The van der Waals surface area contributed by atoms with Crippen LogP contribution in [0.4, 0.5) is 0 Å². The number of carbonyl (C=O) groups excluding carboxylic acids is 1. The molecule has 7 heteroatoms. The number of hydrogen-bond acceptors (Lipinski definition) is 4. The topological polar surface area (TPSA) is 86.7 Å². The van der Waals surface area contributed by atoms with Gasteiger partial charge in [0, 0.05) is 37.6 Å². The molecule has 6 nitrogen and oxygen atoms in total. The molecule has 1 saturated heterocycles. The SMILES string of the molecule is O=C(N[C@H]1CCCC[C@H]1CO)C1CCN(S(=O)(=O)c2ccc3ccccc3c2)CC1. The van der Waals surface area contributed by atoms with Crippen LogP contribution in [0.1, 0.15) is 38.5 Å². The van der Waals surface area contributed by atoms with E-state index in [1.165, 1.54) is 4.31 Å². The minimum absolute atomic E-state index is 0.00287. The number of nitrogens with one attached hydrogen (secondary N) is 1. The van der Waals surface area contributed by atoms with E-state index in [1.54, 1.807) is 12.1 Å². The van der Waals surface area contributed by atoms with Crippen LogP contribution in [0.5, 0.6) is 0 Å². The predicted octanol–water partition coefficient (Wildman–Crippen LogP) is 2.91. The van der Waals surface area contributed by atoms with Crippen LogP contribution < -0.4 is 5.32 Å². The molecular formula is C23H30N2O4S. The minimum atomic E-state index is -3.57. The van der Waals surface area contributed by atoms with Crippen LogP contribution in [0, 0.1) is 11.8 Å². The average molecular weight is 431 g/mol. The molecule has 0 unspecified atom stereocenters. The Balaban J connectivity index is 1.38. The van der Waals surface area contributed by atoms with E-state index in [1.807, 2.05) is 30.3 Å². The molecule has 2 atom stereocenters. The molecular weight excluding hydrogens is 400 g/mol. The van der Waals surface area contributed by atoms with E-state index in [-0.39, 0.29) is 30.4 Å². The van der Waals surface area contributed by atoms with Gasteiger partial charge in [-0.15, -0.1) is 0 Å². The number of benzene rings is 2. The highest BCUT2D eigenvalue weighted by Gasteiger charge is 2.34. The van der Waals surface area contributed by atoms with Crippen molar-refractivity contribution < 1.29 is 18.3 Å². The van der Waals surface area contributed by atoms with Crippen LogP contribution in [0.15, 0.2) is 47.4 Å². The van der Waals surface area contributed by atoms with Gasteiger partial charge < -0.3 is 10.4 Å². The van der Waals surface area contributed by atoms with Gasteiger partial charge in [0.15, 0.2) is 0 Å². The quantitative estimate of drug-likeness (QED) is 0.764. The standard InChI is InChI=1S/C23H30N2O4S/c26-16-20-7-3-4-8-22(20)24-23(27)18-11-13-25(14-12-18)30(28,29)21-10-9-17-5-1-2-6-19(17)15-21/h1-2,5-6,9-10,15,18,20,22,26H,3-4,7-8,11-14,16H2,(H,24,27)/t20-,22-/m0/s1. The zero-order chi connectivity index (χ0) is 21.1. The maximum atomic E-state index is 13.1. The van der Waals surface area contributed by atoms with Crippen molar-refractivity contribution >= 4 is 26.7 Å². The summed E-state index contributed by atoms with van der Waals surface area (Å²) < 4.78 is 27.7. The highest BCUT2D eigenvalue weighted by Crippen LogP contribution is 2.28. The number of sulfonamides is 1. The molecule has 2 aromatic rings. The summed E-state index contributed by atoms with van der Waals surface area (Å²) in [6, 6.07) is 13.0. The Hall–Kier alpha value is -1.96. The second kappa shape index (κ2) is 9.04. The summed E-state index contributed by atoms with van der Waals surface area (Å²) in [5, 5.41) is 14.6. The molecule has 0 spiro atoms. The lowest BCUT2D eigenvalue weighted by Gasteiger charge is -2.34. The number of nitrogens with zero attached hydrogens (tertiary/aromatic N) is 1. The van der Waals surface area contributed by atoms with E-state index in [4.69, 9.17) is 0 Å². The van der Waals surface area contributed by atoms with Crippen molar-refractivity contribution in [1.29, 1.82) is 0 Å². The first-order valence-corrected chi connectivity index (χ1v) is 12.3. The third kappa shape index (κ3) is 4.38. The van der Waals surface area contributed by atoms with Gasteiger partial charge in [-0.25, -0.2) is 8.42 Å². The fraction of sp³-hybridized carbons (Fsp3) is 0.522. The van der Waals surface area contributed by atoms with E-state index >= 15 is 0 Å². The van der Waals surface area contributed by atoms with Crippen LogP contribution in [0.2, 0.25) is 0 Å². The van der Waals surface area contributed by atoms with Crippen LogP contribution >= 0.6 is 0 Å².